The second-order valence-electron chi connectivity index (χ2n) is 23.2. The van der Waals surface area contributed by atoms with Gasteiger partial charge >= 0.3 is 18.5 Å². The van der Waals surface area contributed by atoms with Gasteiger partial charge in [-0.25, -0.2) is 26.3 Å². The lowest BCUT2D eigenvalue weighted by Gasteiger charge is -2.13. The van der Waals surface area contributed by atoms with Crippen LogP contribution in [0, 0.1) is 58.7 Å². The summed E-state index contributed by atoms with van der Waals surface area (Å²) < 4.78 is 199. The van der Waals surface area contributed by atoms with E-state index in [0.717, 1.165) is 57.8 Å². The molecule has 0 nitrogen and oxygen atoms in total. The van der Waals surface area contributed by atoms with Gasteiger partial charge in [-0.3, -0.25) is 4.39 Å². The van der Waals surface area contributed by atoms with Crippen LogP contribution in [-0.4, -0.2) is 43.5 Å². The summed E-state index contributed by atoms with van der Waals surface area (Å²) in [5.41, 5.74) is 0.542. The van der Waals surface area contributed by atoms with Crippen LogP contribution in [0.3, 0.4) is 0 Å². The molecule has 0 rings (SSSR count). The van der Waals surface area contributed by atoms with Crippen molar-refractivity contribution < 1.29 is 73.0 Å². The molecule has 0 aliphatic heterocycles. The van der Waals surface area contributed by atoms with Crippen molar-refractivity contribution >= 4 is 0 Å². The SMILES string of the molecule is CCC(C)(C)C.CCC(C)C.CCC(C)C.CCC(C)C.CCC(C)C(F)(F)F.CCC(C)C(F)F.CCC(C)CF.CCCC(C)(F)F.CCCC(C)(F)F.CCCC(C)C.CCCC(C)C(F)(F)F.[2H]C([2H])(C)C(C)C(F)(F)F. The average Bonchev–Trinajstić information content (AvgIpc) is 3.30. The predicted molar refractivity (Wildman–Crippen MR) is 318 cm³/mol. The van der Waals surface area contributed by atoms with Gasteiger partial charge in [0.25, 0.3) is 0 Å². The van der Waals surface area contributed by atoms with Crippen LogP contribution in [0.25, 0.3) is 0 Å². The van der Waals surface area contributed by atoms with Gasteiger partial charge in [0.2, 0.25) is 18.3 Å². The molecule has 0 aliphatic rings. The number of hydrogen-bond acceptors (Lipinski definition) is 0. The van der Waals surface area contributed by atoms with Crippen LogP contribution in [0.4, 0.5) is 70.2 Å². The van der Waals surface area contributed by atoms with Crippen LogP contribution in [0.2, 0.25) is 0 Å². The summed E-state index contributed by atoms with van der Waals surface area (Å²) in [4.78, 5) is 0. The average molecular weight is 1200 g/mol. The van der Waals surface area contributed by atoms with E-state index < -0.39 is 66.8 Å². The molecule has 16 heteroatoms. The summed E-state index contributed by atoms with van der Waals surface area (Å²) in [5, 5.41) is 0. The first kappa shape index (κ1) is 99.9. The molecule has 0 bridgehead atoms. The summed E-state index contributed by atoms with van der Waals surface area (Å²) in [6.45, 7) is 55.4. The molecule has 5 atom stereocenters. The topological polar surface area (TPSA) is 0 Å². The van der Waals surface area contributed by atoms with Crippen LogP contribution < -0.4 is 0 Å². The van der Waals surface area contributed by atoms with Gasteiger partial charge < -0.3 is 0 Å². The second-order valence-corrected chi connectivity index (χ2v) is 23.2. The van der Waals surface area contributed by atoms with Gasteiger partial charge in [0.05, 0.1) is 24.4 Å². The standard InChI is InChI=1S/C6H11F3.2C6H14.2C5H9F3.3C5H10F2.C5H11F.3C5H12/c1-3-4-5(2)6(7,8)9;1-5-6(2,3)4;1-4-5-6(2)3;2*1-3-4(2)5(6,7)8;2*1-3-4-5(2,6)7;1-3-4(2)5(6)7;1-3-5(2)4-6;3*1-4-5(2)3/h5H,3-4H2,1-2H3;5H2,1-4H3;6H,4-5H2,1-3H3;2*4H,3H2,1-2H3;2*3-4H2,1-2H3;4-5H,3H2,1-2H3;5H,3-4H2,1-2H3;3*5H,4H2,1-3H3/i;;;3D2;;;;;;;;. The fraction of sp³-hybridized carbons (Fsp3) is 1.00. The zero-order valence-corrected chi connectivity index (χ0v) is 56.6. The molecule has 0 saturated heterocycles. The highest BCUT2D eigenvalue weighted by atomic mass is 19.4. The second kappa shape index (κ2) is 66.0. The van der Waals surface area contributed by atoms with Crippen molar-refractivity contribution in [1.82, 2.24) is 0 Å². The highest BCUT2D eigenvalue weighted by molar-refractivity contribution is 4.61. The van der Waals surface area contributed by atoms with E-state index in [2.05, 4.69) is 111 Å². The monoisotopic (exact) mass is 1200 g/mol. The third-order valence-corrected chi connectivity index (χ3v) is 11.2. The third-order valence-electron chi connectivity index (χ3n) is 11.2. The van der Waals surface area contributed by atoms with Gasteiger partial charge in [-0.1, -0.05) is 258 Å². The van der Waals surface area contributed by atoms with Crippen LogP contribution in [0.1, 0.15) is 313 Å². The Morgan fingerprint density at radius 3 is 0.633 bits per heavy atom. The van der Waals surface area contributed by atoms with E-state index >= 15 is 0 Å². The molecule has 0 aliphatic carbocycles. The minimum atomic E-state index is -4.43. The van der Waals surface area contributed by atoms with Crippen LogP contribution in [0.15, 0.2) is 0 Å². The Morgan fingerprint density at radius 1 is 0.354 bits per heavy atom. The molecule has 498 valence electrons. The quantitative estimate of drug-likeness (QED) is 0.127. The van der Waals surface area contributed by atoms with Gasteiger partial charge in [0, 0.05) is 21.5 Å². The molecule has 0 aromatic rings. The zero-order valence-electron chi connectivity index (χ0n) is 58.6. The van der Waals surface area contributed by atoms with Crippen LogP contribution >= 0.6 is 0 Å². The molecule has 0 radical (unpaired) electrons. The Balaban J connectivity index is -0.0000000645. The molecule has 0 saturated carbocycles. The summed E-state index contributed by atoms with van der Waals surface area (Å²) in [7, 11) is 0. The van der Waals surface area contributed by atoms with Gasteiger partial charge in [-0.15, -0.1) is 0 Å². The fourth-order valence-electron chi connectivity index (χ4n) is 2.73. The lowest BCUT2D eigenvalue weighted by atomic mass is 9.94. The van der Waals surface area contributed by atoms with E-state index in [9.17, 15) is 70.2 Å². The van der Waals surface area contributed by atoms with Crippen molar-refractivity contribution in [1.29, 1.82) is 0 Å². The van der Waals surface area contributed by atoms with E-state index in [-0.39, 0.29) is 38.3 Å². The molecule has 79 heavy (non-hydrogen) atoms. The van der Waals surface area contributed by atoms with E-state index in [1.807, 2.05) is 13.8 Å². The van der Waals surface area contributed by atoms with Gasteiger partial charge in [0.15, 0.2) is 0 Å². The lowest BCUT2D eigenvalue weighted by molar-refractivity contribution is -0.171. The minimum Gasteiger partial charge on any atom is -0.251 e. The Bertz CT molecular complexity index is 1080. The first-order valence-electron chi connectivity index (χ1n) is 30.7. The number of alkyl halides is 16. The smallest absolute Gasteiger partial charge is 0.251 e. The van der Waals surface area contributed by atoms with Crippen molar-refractivity contribution in [3.63, 3.8) is 0 Å². The van der Waals surface area contributed by atoms with E-state index in [0.29, 0.717) is 31.1 Å². The first-order chi connectivity index (χ1) is 35.9. The highest BCUT2D eigenvalue weighted by Gasteiger charge is 2.35. The van der Waals surface area contributed by atoms with E-state index in [1.165, 1.54) is 59.3 Å². The summed E-state index contributed by atoms with van der Waals surface area (Å²) in [6.07, 6.45) is -5.18. The molecule has 0 amide bonds. The molecule has 0 N–H and O–H groups in total. The molecular weight excluding hydrogens is 1060 g/mol. The normalized spacial score (nSPS) is 13.7. The minimum absolute atomic E-state index is 0.00694. The van der Waals surface area contributed by atoms with Gasteiger partial charge in [0.1, 0.15) is 0 Å². The molecule has 5 unspecified atom stereocenters. The summed E-state index contributed by atoms with van der Waals surface area (Å²) >= 11 is 0. The molecule has 0 spiro atoms. The molecule has 0 heterocycles. The molecular formula is C63H134F16. The van der Waals surface area contributed by atoms with Crippen LogP contribution in [-0.2, 0) is 0 Å². The summed E-state index contributed by atoms with van der Waals surface area (Å²) in [6, 6.07) is 0. The van der Waals surface area contributed by atoms with Crippen molar-refractivity contribution in [3.05, 3.63) is 0 Å². The third kappa shape index (κ3) is 148. The van der Waals surface area contributed by atoms with Gasteiger partial charge in [-0.2, -0.15) is 39.5 Å². The maximum absolute atomic E-state index is 11.7. The van der Waals surface area contributed by atoms with E-state index in [1.54, 1.807) is 34.6 Å². The highest BCUT2D eigenvalue weighted by Crippen LogP contribution is 2.30. The van der Waals surface area contributed by atoms with Crippen molar-refractivity contribution in [2.75, 3.05) is 6.67 Å². The zero-order chi connectivity index (χ0) is 68.6. The number of halogens is 16. The van der Waals surface area contributed by atoms with Crippen LogP contribution in [0.5, 0.6) is 0 Å². The molecule has 0 fully saturated rings. The Labute approximate surface area is 484 Å². The first-order valence-corrected chi connectivity index (χ1v) is 29.7. The Hall–Kier alpha value is -1.12. The predicted octanol–water partition coefficient (Wildman–Crippen LogP) is 28.4. The van der Waals surface area contributed by atoms with Crippen molar-refractivity contribution in [2.24, 2.45) is 58.7 Å². The van der Waals surface area contributed by atoms with Crippen molar-refractivity contribution in [2.45, 2.75) is 347 Å². The largest absolute Gasteiger partial charge is 0.391 e. The number of hydrogen-bond donors (Lipinski definition) is 0. The van der Waals surface area contributed by atoms with Gasteiger partial charge in [-0.05, 0) is 74.5 Å². The Morgan fingerprint density at radius 2 is 0.620 bits per heavy atom. The molecule has 0 aromatic heterocycles. The van der Waals surface area contributed by atoms with E-state index in [4.69, 9.17) is 2.74 Å². The fourth-order valence-corrected chi connectivity index (χ4v) is 2.73. The lowest BCUT2D eigenvalue weighted by Crippen LogP contribution is -2.19. The Kier molecular flexibility index (Phi) is 83.5. The van der Waals surface area contributed by atoms with Crippen molar-refractivity contribution in [3.8, 4) is 0 Å². The maximum atomic E-state index is 11.7. The molecule has 0 aromatic carbocycles. The number of rotatable bonds is 17. The maximum Gasteiger partial charge on any atom is 0.391 e. The summed E-state index contributed by atoms with van der Waals surface area (Å²) in [5.74, 6) is -5.70.